The van der Waals surface area contributed by atoms with Gasteiger partial charge in [-0.3, -0.25) is 4.79 Å². The molecule has 0 atom stereocenters. The molecule has 2 aromatic rings. The topological polar surface area (TPSA) is 84.9 Å². The summed E-state index contributed by atoms with van der Waals surface area (Å²) in [6, 6.07) is 10.7. The van der Waals surface area contributed by atoms with E-state index in [1.165, 1.54) is 37.7 Å². The number of methoxy groups -OCH3 is 2. The van der Waals surface area contributed by atoms with Gasteiger partial charge >= 0.3 is 0 Å². The van der Waals surface area contributed by atoms with E-state index >= 15 is 0 Å². The van der Waals surface area contributed by atoms with E-state index < -0.39 is 10.0 Å². The summed E-state index contributed by atoms with van der Waals surface area (Å²) in [6.07, 6.45) is 0. The minimum atomic E-state index is -3.56. The molecule has 1 amide bonds. The van der Waals surface area contributed by atoms with Crippen molar-refractivity contribution < 1.29 is 22.7 Å². The molecule has 0 aliphatic carbocycles. The molecule has 0 unspecified atom stereocenters. The average molecular weight is 392 g/mol. The molecule has 0 aromatic heterocycles. The van der Waals surface area contributed by atoms with Crippen molar-refractivity contribution >= 4 is 21.6 Å². The predicted octanol–water partition coefficient (Wildman–Crippen LogP) is 2.99. The van der Waals surface area contributed by atoms with E-state index in [4.69, 9.17) is 9.47 Å². The molecular formula is C19H24N2O5S. The van der Waals surface area contributed by atoms with Gasteiger partial charge in [0.2, 0.25) is 10.0 Å². The van der Waals surface area contributed by atoms with Gasteiger partial charge < -0.3 is 14.8 Å². The molecule has 0 heterocycles. The van der Waals surface area contributed by atoms with Crippen LogP contribution in [0, 0.1) is 0 Å². The smallest absolute Gasteiger partial charge is 0.255 e. The molecule has 0 saturated heterocycles. The highest BCUT2D eigenvalue weighted by molar-refractivity contribution is 7.89. The lowest BCUT2D eigenvalue weighted by Gasteiger charge is -2.21. The van der Waals surface area contributed by atoms with Crippen LogP contribution in [0.4, 0.5) is 5.69 Å². The molecule has 27 heavy (non-hydrogen) atoms. The number of amides is 1. The number of carbonyl (C=O) groups excluding carboxylic acids is 1. The summed E-state index contributed by atoms with van der Waals surface area (Å²) in [5.41, 5.74) is 0.879. The van der Waals surface area contributed by atoms with Gasteiger partial charge in [0.25, 0.3) is 5.91 Å². The summed E-state index contributed by atoms with van der Waals surface area (Å²) in [4.78, 5) is 12.6. The Balaban J connectivity index is 2.18. The van der Waals surface area contributed by atoms with Crippen molar-refractivity contribution in [3.05, 3.63) is 48.0 Å². The number of nitrogens with one attached hydrogen (secondary N) is 1. The minimum Gasteiger partial charge on any atom is -0.493 e. The van der Waals surface area contributed by atoms with Crippen molar-refractivity contribution in [2.24, 2.45) is 0 Å². The van der Waals surface area contributed by atoms with Crippen LogP contribution in [-0.4, -0.2) is 45.9 Å². The summed E-state index contributed by atoms with van der Waals surface area (Å²) in [5, 5.41) is 2.73. The summed E-state index contributed by atoms with van der Waals surface area (Å²) in [7, 11) is 0.983. The molecule has 8 heteroatoms. The first kappa shape index (κ1) is 20.7. The number of ether oxygens (including phenoxy) is 2. The van der Waals surface area contributed by atoms with Crippen LogP contribution in [0.2, 0.25) is 0 Å². The molecule has 0 spiro atoms. The van der Waals surface area contributed by atoms with E-state index in [0.29, 0.717) is 22.7 Å². The number of rotatable bonds is 7. The maximum atomic E-state index is 12.5. The van der Waals surface area contributed by atoms with Crippen LogP contribution < -0.4 is 14.8 Å². The highest BCUT2D eigenvalue weighted by Crippen LogP contribution is 2.28. The zero-order valence-electron chi connectivity index (χ0n) is 16.0. The number of nitrogens with zero attached hydrogens (tertiary/aromatic N) is 1. The number of anilines is 1. The summed E-state index contributed by atoms with van der Waals surface area (Å²) < 4.78 is 36.6. The van der Waals surface area contributed by atoms with Gasteiger partial charge in [-0.25, -0.2) is 8.42 Å². The van der Waals surface area contributed by atoms with Crippen LogP contribution in [0.1, 0.15) is 24.2 Å². The highest BCUT2D eigenvalue weighted by Gasteiger charge is 2.23. The van der Waals surface area contributed by atoms with Crippen molar-refractivity contribution in [3.8, 4) is 11.5 Å². The van der Waals surface area contributed by atoms with E-state index in [9.17, 15) is 13.2 Å². The predicted molar refractivity (Wildman–Crippen MR) is 104 cm³/mol. The maximum absolute atomic E-state index is 12.5. The first-order valence-corrected chi connectivity index (χ1v) is 9.76. The largest absolute Gasteiger partial charge is 0.493 e. The molecule has 1 N–H and O–H groups in total. The number of hydrogen-bond donors (Lipinski definition) is 1. The van der Waals surface area contributed by atoms with Crippen LogP contribution >= 0.6 is 0 Å². The molecule has 0 saturated carbocycles. The first-order chi connectivity index (χ1) is 12.7. The lowest BCUT2D eigenvalue weighted by Crippen LogP contribution is -2.33. The van der Waals surface area contributed by atoms with E-state index in [-0.39, 0.29) is 16.8 Å². The Bertz CT molecular complexity index is 908. The minimum absolute atomic E-state index is 0.153. The second-order valence-corrected chi connectivity index (χ2v) is 8.16. The molecule has 0 radical (unpaired) electrons. The summed E-state index contributed by atoms with van der Waals surface area (Å²) in [5.74, 6) is 0.632. The third kappa shape index (κ3) is 4.58. The molecule has 0 aliphatic heterocycles. The van der Waals surface area contributed by atoms with Gasteiger partial charge in [-0.15, -0.1) is 0 Å². The number of hydrogen-bond acceptors (Lipinski definition) is 5. The van der Waals surface area contributed by atoms with Gasteiger partial charge in [0.05, 0.1) is 19.1 Å². The van der Waals surface area contributed by atoms with Crippen LogP contribution in [0.5, 0.6) is 11.5 Å². The second kappa shape index (κ2) is 8.41. The number of benzene rings is 2. The fourth-order valence-electron chi connectivity index (χ4n) is 2.33. The van der Waals surface area contributed by atoms with E-state index in [0.717, 1.165) is 0 Å². The fraction of sp³-hybridized carbons (Fsp3) is 0.316. The van der Waals surface area contributed by atoms with E-state index in [1.807, 2.05) is 0 Å². The van der Waals surface area contributed by atoms with Crippen LogP contribution in [0.25, 0.3) is 0 Å². The second-order valence-electron chi connectivity index (χ2n) is 6.16. The zero-order valence-corrected chi connectivity index (χ0v) is 16.8. The highest BCUT2D eigenvalue weighted by atomic mass is 32.2. The molecule has 146 valence electrons. The molecular weight excluding hydrogens is 368 g/mol. The van der Waals surface area contributed by atoms with Gasteiger partial charge in [0, 0.05) is 24.3 Å². The third-order valence-electron chi connectivity index (χ3n) is 4.16. The van der Waals surface area contributed by atoms with Crippen LogP contribution in [0.15, 0.2) is 47.4 Å². The summed E-state index contributed by atoms with van der Waals surface area (Å²) in [6.45, 7) is 3.60. The SMILES string of the molecule is COc1ccc(C(=O)Nc2ccc(S(=O)(=O)N(C)C(C)C)cc2)cc1OC. The number of sulfonamides is 1. The van der Waals surface area contributed by atoms with Crippen molar-refractivity contribution in [1.29, 1.82) is 0 Å². The van der Waals surface area contributed by atoms with Gasteiger partial charge in [-0.05, 0) is 56.3 Å². The monoisotopic (exact) mass is 392 g/mol. The quantitative estimate of drug-likeness (QED) is 0.783. The molecule has 0 aliphatic rings. The lowest BCUT2D eigenvalue weighted by molar-refractivity contribution is 0.102. The van der Waals surface area contributed by atoms with Crippen molar-refractivity contribution in [2.75, 3.05) is 26.6 Å². The van der Waals surface area contributed by atoms with Crippen LogP contribution in [0.3, 0.4) is 0 Å². The van der Waals surface area contributed by atoms with Crippen molar-refractivity contribution in [1.82, 2.24) is 4.31 Å². The van der Waals surface area contributed by atoms with Crippen molar-refractivity contribution in [2.45, 2.75) is 24.8 Å². The Hall–Kier alpha value is -2.58. The zero-order chi connectivity index (χ0) is 20.2. The molecule has 7 nitrogen and oxygen atoms in total. The Morgan fingerprint density at radius 1 is 1.00 bits per heavy atom. The Morgan fingerprint density at radius 2 is 1.59 bits per heavy atom. The van der Waals surface area contributed by atoms with Gasteiger partial charge in [0.15, 0.2) is 11.5 Å². The normalized spacial score (nSPS) is 11.5. The first-order valence-electron chi connectivity index (χ1n) is 8.32. The molecule has 2 aromatic carbocycles. The Labute approximate surface area is 160 Å². The van der Waals surface area contributed by atoms with Crippen LogP contribution in [-0.2, 0) is 10.0 Å². The Kier molecular flexibility index (Phi) is 6.45. The van der Waals surface area contributed by atoms with Crippen molar-refractivity contribution in [3.63, 3.8) is 0 Å². The molecule has 0 fully saturated rings. The summed E-state index contributed by atoms with van der Waals surface area (Å²) >= 11 is 0. The van der Waals surface area contributed by atoms with E-state index in [2.05, 4.69) is 5.32 Å². The molecule has 0 bridgehead atoms. The number of carbonyl (C=O) groups is 1. The van der Waals surface area contributed by atoms with Gasteiger partial charge in [-0.2, -0.15) is 4.31 Å². The average Bonchev–Trinajstić information content (AvgIpc) is 2.66. The third-order valence-corrected chi connectivity index (χ3v) is 6.21. The van der Waals surface area contributed by atoms with Gasteiger partial charge in [0.1, 0.15) is 0 Å². The standard InChI is InChI=1S/C19H24N2O5S/c1-13(2)21(3)27(23,24)16-9-7-15(8-10-16)20-19(22)14-6-11-17(25-4)18(12-14)26-5/h6-13H,1-5H3,(H,20,22). The Morgan fingerprint density at radius 3 is 2.11 bits per heavy atom. The molecule has 2 rings (SSSR count). The fourth-order valence-corrected chi connectivity index (χ4v) is 3.70. The van der Waals surface area contributed by atoms with Gasteiger partial charge in [-0.1, -0.05) is 0 Å². The van der Waals surface area contributed by atoms with E-state index in [1.54, 1.807) is 44.2 Å². The lowest BCUT2D eigenvalue weighted by atomic mass is 10.2. The maximum Gasteiger partial charge on any atom is 0.255 e.